The van der Waals surface area contributed by atoms with Gasteiger partial charge < -0.3 is 0 Å². The monoisotopic (exact) mass is 494 g/mol. The molecule has 0 heterocycles. The predicted octanol–water partition coefficient (Wildman–Crippen LogP) is 12.0. The molecule has 0 radical (unpaired) electrons. The Balaban J connectivity index is 1.78. The summed E-state index contributed by atoms with van der Waals surface area (Å²) in [5, 5.41) is 0. The van der Waals surface area contributed by atoms with E-state index in [1.165, 1.54) is 148 Å². The van der Waals surface area contributed by atoms with Gasteiger partial charge >= 0.3 is 0 Å². The van der Waals surface area contributed by atoms with Crippen LogP contribution in [-0.2, 0) is 0 Å². The predicted molar refractivity (Wildman–Crippen MR) is 159 cm³/mol. The normalized spacial score (nSPS) is 41.4. The molecule has 6 atom stereocenters. The van der Waals surface area contributed by atoms with E-state index < -0.39 is 0 Å². The molecule has 0 saturated heterocycles. The minimum Gasteiger partial charge on any atom is -0.0882 e. The van der Waals surface area contributed by atoms with Gasteiger partial charge in [0.1, 0.15) is 0 Å². The maximum absolute atomic E-state index is 2.85. The van der Waals surface area contributed by atoms with Crippen molar-refractivity contribution in [1.82, 2.24) is 0 Å². The second-order valence-corrected chi connectivity index (χ2v) is 14.1. The van der Waals surface area contributed by atoms with Gasteiger partial charge in [-0.2, -0.15) is 0 Å². The lowest BCUT2D eigenvalue weighted by Gasteiger charge is -2.60. The molecular formula is C36H62. The summed E-state index contributed by atoms with van der Waals surface area (Å²) >= 11 is 0. The van der Waals surface area contributed by atoms with E-state index in [1.807, 2.05) is 0 Å². The Morgan fingerprint density at radius 2 is 1.33 bits per heavy atom. The van der Waals surface area contributed by atoms with Crippen LogP contribution in [-0.4, -0.2) is 0 Å². The summed E-state index contributed by atoms with van der Waals surface area (Å²) in [7, 11) is 0. The lowest BCUT2D eigenvalue weighted by molar-refractivity contribution is -0.103. The molecule has 2 saturated carbocycles. The van der Waals surface area contributed by atoms with Gasteiger partial charge in [0.05, 0.1) is 0 Å². The van der Waals surface area contributed by atoms with E-state index in [2.05, 4.69) is 45.1 Å². The Kier molecular flexibility index (Phi) is 10.7. The van der Waals surface area contributed by atoms with Gasteiger partial charge in [0.25, 0.3) is 0 Å². The zero-order chi connectivity index (χ0) is 25.3. The Morgan fingerprint density at radius 1 is 0.667 bits per heavy atom. The molecule has 0 nitrogen and oxygen atoms in total. The molecule has 4 aliphatic rings. The van der Waals surface area contributed by atoms with Gasteiger partial charge in [-0.1, -0.05) is 122 Å². The Hall–Kier alpha value is -0.520. The highest BCUT2D eigenvalue weighted by Gasteiger charge is 2.57. The fourth-order valence-corrected chi connectivity index (χ4v) is 10.5. The Morgan fingerprint density at radius 3 is 2.11 bits per heavy atom. The summed E-state index contributed by atoms with van der Waals surface area (Å²) in [4.78, 5) is 0. The fourth-order valence-electron chi connectivity index (χ4n) is 10.5. The largest absolute Gasteiger partial charge is 0.0882 e. The van der Waals surface area contributed by atoms with Gasteiger partial charge in [0.15, 0.2) is 0 Å². The standard InChI is InChI=1S/C36H62/c1-4-24-35(28-19-10-11-20-29-36(35)31(2)21-14-15-22-32(36)3)30-33-23-13-12-18-27-34(33)25-16-8-6-5-7-9-17-26-34/h14,16,21,25,31-33H,4-13,15,17-20,22-24,26-30H2,1-3H3. The molecule has 0 N–H and O–H groups in total. The molecular weight excluding hydrogens is 432 g/mol. The van der Waals surface area contributed by atoms with Gasteiger partial charge in [-0.25, -0.2) is 0 Å². The Labute approximate surface area is 226 Å². The minimum atomic E-state index is 0.491. The van der Waals surface area contributed by atoms with E-state index in [1.54, 1.807) is 0 Å². The molecule has 0 aromatic carbocycles. The molecule has 4 aliphatic carbocycles. The number of allylic oxidation sites excluding steroid dienone is 4. The summed E-state index contributed by atoms with van der Waals surface area (Å²) < 4.78 is 0. The van der Waals surface area contributed by atoms with Crippen molar-refractivity contribution in [3.05, 3.63) is 24.3 Å². The quantitative estimate of drug-likeness (QED) is 0.341. The zero-order valence-electron chi connectivity index (χ0n) is 24.8. The SMILES string of the molecule is CCCC1(CC2CCCCCC23C=CCCCCCCC3)CCCCCCC12C(C)C=CCCC2C. The number of hydrogen-bond donors (Lipinski definition) is 0. The van der Waals surface area contributed by atoms with Crippen LogP contribution in [0.2, 0.25) is 0 Å². The van der Waals surface area contributed by atoms with E-state index in [9.17, 15) is 0 Å². The molecule has 0 amide bonds. The third-order valence-electron chi connectivity index (χ3n) is 12.2. The molecule has 2 fully saturated rings. The average molecular weight is 495 g/mol. The highest BCUT2D eigenvalue weighted by atomic mass is 14.6. The van der Waals surface area contributed by atoms with Crippen LogP contribution in [0.15, 0.2) is 24.3 Å². The first kappa shape index (κ1) is 28.5. The van der Waals surface area contributed by atoms with Crippen LogP contribution in [0, 0.1) is 34.0 Å². The number of rotatable bonds is 4. The maximum Gasteiger partial charge on any atom is -0.00898 e. The second kappa shape index (κ2) is 13.5. The smallest absolute Gasteiger partial charge is 0.00898 e. The van der Waals surface area contributed by atoms with Crippen LogP contribution in [0.5, 0.6) is 0 Å². The minimum absolute atomic E-state index is 0.491. The van der Waals surface area contributed by atoms with Crippen LogP contribution in [0.3, 0.4) is 0 Å². The van der Waals surface area contributed by atoms with Crippen molar-refractivity contribution < 1.29 is 0 Å². The summed E-state index contributed by atoms with van der Waals surface area (Å²) in [6.45, 7) is 7.86. The number of hydrogen-bond acceptors (Lipinski definition) is 0. The van der Waals surface area contributed by atoms with Crippen molar-refractivity contribution in [2.24, 2.45) is 34.0 Å². The van der Waals surface area contributed by atoms with Gasteiger partial charge in [-0.3, -0.25) is 0 Å². The molecule has 4 rings (SSSR count). The molecule has 0 aromatic rings. The van der Waals surface area contributed by atoms with E-state index in [0.29, 0.717) is 16.2 Å². The molecule has 36 heavy (non-hydrogen) atoms. The first-order valence-electron chi connectivity index (χ1n) is 16.9. The van der Waals surface area contributed by atoms with Gasteiger partial charge in [-0.15, -0.1) is 0 Å². The second-order valence-electron chi connectivity index (χ2n) is 14.1. The van der Waals surface area contributed by atoms with Crippen LogP contribution in [0.4, 0.5) is 0 Å². The van der Waals surface area contributed by atoms with Crippen LogP contribution < -0.4 is 0 Å². The topological polar surface area (TPSA) is 0 Å². The third-order valence-corrected chi connectivity index (χ3v) is 12.2. The average Bonchev–Trinajstić information content (AvgIpc) is 3.14. The molecule has 206 valence electrons. The van der Waals surface area contributed by atoms with Crippen LogP contribution >= 0.6 is 0 Å². The summed E-state index contributed by atoms with van der Waals surface area (Å²) in [6.07, 6.45) is 44.4. The third kappa shape index (κ3) is 6.04. The van der Waals surface area contributed by atoms with E-state index in [0.717, 1.165) is 17.8 Å². The zero-order valence-corrected chi connectivity index (χ0v) is 24.8. The molecule has 0 aromatic heterocycles. The highest BCUT2D eigenvalue weighted by Crippen LogP contribution is 2.65. The van der Waals surface area contributed by atoms with Crippen LogP contribution in [0.25, 0.3) is 0 Å². The van der Waals surface area contributed by atoms with Gasteiger partial charge in [0.2, 0.25) is 0 Å². The lowest BCUT2D eigenvalue weighted by Crippen LogP contribution is -2.52. The van der Waals surface area contributed by atoms with Crippen molar-refractivity contribution >= 4 is 0 Å². The summed E-state index contributed by atoms with van der Waals surface area (Å²) in [5.41, 5.74) is 1.52. The van der Waals surface area contributed by atoms with Crippen molar-refractivity contribution in [3.8, 4) is 0 Å². The van der Waals surface area contributed by atoms with E-state index in [4.69, 9.17) is 0 Å². The fraction of sp³-hybridized carbons (Fsp3) is 0.889. The summed E-state index contributed by atoms with van der Waals surface area (Å²) in [6, 6.07) is 0. The maximum atomic E-state index is 2.85. The molecule has 0 heteroatoms. The van der Waals surface area contributed by atoms with E-state index in [-0.39, 0.29) is 0 Å². The Bertz CT molecular complexity index is 701. The van der Waals surface area contributed by atoms with E-state index >= 15 is 0 Å². The van der Waals surface area contributed by atoms with Crippen LogP contribution in [0.1, 0.15) is 168 Å². The molecule has 0 aliphatic heterocycles. The first-order chi connectivity index (χ1) is 17.6. The van der Waals surface area contributed by atoms with Crippen molar-refractivity contribution in [1.29, 1.82) is 0 Å². The van der Waals surface area contributed by atoms with Gasteiger partial charge in [-0.05, 0) is 105 Å². The highest BCUT2D eigenvalue weighted by molar-refractivity contribution is 5.13. The lowest BCUT2D eigenvalue weighted by atomic mass is 9.44. The van der Waals surface area contributed by atoms with Gasteiger partial charge in [0, 0.05) is 0 Å². The van der Waals surface area contributed by atoms with Crippen molar-refractivity contribution in [3.63, 3.8) is 0 Å². The molecule has 6 unspecified atom stereocenters. The molecule has 0 bridgehead atoms. The van der Waals surface area contributed by atoms with Crippen molar-refractivity contribution in [2.45, 2.75) is 168 Å². The molecule has 2 spiro atoms. The van der Waals surface area contributed by atoms with Crippen molar-refractivity contribution in [2.75, 3.05) is 0 Å². The summed E-state index contributed by atoms with van der Waals surface area (Å²) in [5.74, 6) is 2.50. The first-order valence-corrected chi connectivity index (χ1v) is 16.9.